The summed E-state index contributed by atoms with van der Waals surface area (Å²) in [5.41, 5.74) is 1.68. The number of thiophene rings is 1. The van der Waals surface area contributed by atoms with E-state index in [0.29, 0.717) is 0 Å². The molecular weight excluding hydrogens is 310 g/mol. The zero-order chi connectivity index (χ0) is 13.3. The van der Waals surface area contributed by atoms with E-state index < -0.39 is 0 Å². The smallest absolute Gasteiger partial charge is 0.265 e. The number of amides is 1. The van der Waals surface area contributed by atoms with Gasteiger partial charge in [0.2, 0.25) is 0 Å². The van der Waals surface area contributed by atoms with Crippen LogP contribution in [0, 0.1) is 5.41 Å². The Kier molecular flexibility index (Phi) is 3.97. The van der Waals surface area contributed by atoms with Crippen molar-refractivity contribution in [2.45, 2.75) is 27.2 Å². The van der Waals surface area contributed by atoms with E-state index >= 15 is 0 Å². The van der Waals surface area contributed by atoms with Crippen LogP contribution in [0.4, 0.5) is 0 Å². The minimum absolute atomic E-state index is 0.140. The Labute approximate surface area is 121 Å². The molecule has 0 fully saturated rings. The quantitative estimate of drug-likeness (QED) is 0.703. The molecule has 0 saturated carbocycles. The molecule has 1 aromatic heterocycles. The van der Waals surface area contributed by atoms with E-state index in [1.165, 1.54) is 16.9 Å². The van der Waals surface area contributed by atoms with Crippen LogP contribution in [0.3, 0.4) is 0 Å². The lowest BCUT2D eigenvalue weighted by Gasteiger charge is -2.32. The van der Waals surface area contributed by atoms with Crippen molar-refractivity contribution in [3.05, 3.63) is 32.4 Å². The largest absolute Gasteiger partial charge is 0.334 e. The maximum atomic E-state index is 12.3. The van der Waals surface area contributed by atoms with Crippen molar-refractivity contribution in [3.8, 4) is 0 Å². The molecule has 1 aromatic rings. The van der Waals surface area contributed by atoms with Crippen molar-refractivity contribution < 1.29 is 4.79 Å². The Morgan fingerprint density at radius 1 is 1.44 bits per heavy atom. The molecular formula is C14H18BrNOS. The molecule has 1 amide bonds. The summed E-state index contributed by atoms with van der Waals surface area (Å²) in [5.74, 6) is 0.140. The number of hydrogen-bond acceptors (Lipinski definition) is 2. The highest BCUT2D eigenvalue weighted by Crippen LogP contribution is 2.31. The van der Waals surface area contributed by atoms with E-state index in [-0.39, 0.29) is 11.3 Å². The van der Waals surface area contributed by atoms with Crippen LogP contribution in [-0.2, 0) is 0 Å². The highest BCUT2D eigenvalue weighted by Gasteiger charge is 2.25. The lowest BCUT2D eigenvalue weighted by atomic mass is 9.83. The summed E-state index contributed by atoms with van der Waals surface area (Å²) < 4.78 is 0.906. The van der Waals surface area contributed by atoms with Crippen molar-refractivity contribution in [3.63, 3.8) is 0 Å². The van der Waals surface area contributed by atoms with Gasteiger partial charge in [-0.2, -0.15) is 0 Å². The second-order valence-electron chi connectivity index (χ2n) is 5.58. The number of nitrogens with zero attached hydrogens (tertiary/aromatic N) is 1. The average molecular weight is 328 g/mol. The molecule has 4 heteroatoms. The molecule has 1 aliphatic rings. The molecule has 0 atom stereocenters. The van der Waals surface area contributed by atoms with Crippen molar-refractivity contribution in [1.82, 2.24) is 4.90 Å². The molecule has 0 N–H and O–H groups in total. The topological polar surface area (TPSA) is 20.3 Å². The van der Waals surface area contributed by atoms with Gasteiger partial charge in [-0.05, 0) is 39.2 Å². The van der Waals surface area contributed by atoms with E-state index in [4.69, 9.17) is 0 Å². The van der Waals surface area contributed by atoms with Gasteiger partial charge in [-0.3, -0.25) is 4.79 Å². The third-order valence-electron chi connectivity index (χ3n) is 3.27. The molecule has 0 spiro atoms. The van der Waals surface area contributed by atoms with Crippen LogP contribution in [0.1, 0.15) is 36.9 Å². The summed E-state index contributed by atoms with van der Waals surface area (Å²) in [5, 5.41) is 1.94. The molecule has 0 aliphatic carbocycles. The Bertz CT molecular complexity index is 484. The van der Waals surface area contributed by atoms with Gasteiger partial charge < -0.3 is 4.90 Å². The van der Waals surface area contributed by atoms with Crippen LogP contribution in [0.2, 0.25) is 0 Å². The molecule has 18 heavy (non-hydrogen) atoms. The van der Waals surface area contributed by atoms with Crippen LogP contribution in [0.5, 0.6) is 0 Å². The Balaban J connectivity index is 2.09. The van der Waals surface area contributed by atoms with Gasteiger partial charge in [0.15, 0.2) is 0 Å². The summed E-state index contributed by atoms with van der Waals surface area (Å²) in [4.78, 5) is 15.0. The van der Waals surface area contributed by atoms with E-state index in [1.807, 2.05) is 16.3 Å². The second kappa shape index (κ2) is 5.17. The summed E-state index contributed by atoms with van der Waals surface area (Å²) in [6.45, 7) is 8.24. The fourth-order valence-corrected chi connectivity index (χ4v) is 3.63. The molecule has 0 radical (unpaired) electrons. The molecule has 2 nitrogen and oxygen atoms in total. The highest BCUT2D eigenvalue weighted by molar-refractivity contribution is 9.10. The maximum Gasteiger partial charge on any atom is 0.265 e. The third-order valence-corrected chi connectivity index (χ3v) is 5.10. The summed E-state index contributed by atoms with van der Waals surface area (Å²) in [6.07, 6.45) is 3.20. The average Bonchev–Trinajstić information content (AvgIpc) is 2.73. The summed E-state index contributed by atoms with van der Waals surface area (Å²) in [7, 11) is 0. The monoisotopic (exact) mass is 327 g/mol. The van der Waals surface area contributed by atoms with Gasteiger partial charge >= 0.3 is 0 Å². The van der Waals surface area contributed by atoms with Gasteiger partial charge in [-0.25, -0.2) is 0 Å². The van der Waals surface area contributed by atoms with Crippen molar-refractivity contribution in [2.24, 2.45) is 5.41 Å². The summed E-state index contributed by atoms with van der Waals surface area (Å²) in [6, 6.07) is 1.93. The van der Waals surface area contributed by atoms with Gasteiger partial charge in [0.1, 0.15) is 4.88 Å². The van der Waals surface area contributed by atoms with Crippen molar-refractivity contribution in [1.29, 1.82) is 0 Å². The van der Waals surface area contributed by atoms with Gasteiger partial charge in [0, 0.05) is 17.6 Å². The van der Waals surface area contributed by atoms with E-state index in [2.05, 4.69) is 42.8 Å². The van der Waals surface area contributed by atoms with E-state index in [1.54, 1.807) is 0 Å². The van der Waals surface area contributed by atoms with Gasteiger partial charge in [-0.15, -0.1) is 11.3 Å². The molecule has 2 heterocycles. The molecule has 0 saturated heterocycles. The number of carbonyl (C=O) groups excluding carboxylic acids is 1. The minimum atomic E-state index is 0.140. The molecule has 0 aromatic carbocycles. The van der Waals surface area contributed by atoms with E-state index in [9.17, 15) is 4.79 Å². The van der Waals surface area contributed by atoms with Crippen LogP contribution < -0.4 is 0 Å². The van der Waals surface area contributed by atoms with Gasteiger partial charge in [0.05, 0.1) is 0 Å². The highest BCUT2D eigenvalue weighted by atomic mass is 79.9. The van der Waals surface area contributed by atoms with Gasteiger partial charge in [-0.1, -0.05) is 32.4 Å². The molecule has 98 valence electrons. The number of carbonyl (C=O) groups is 1. The van der Waals surface area contributed by atoms with Gasteiger partial charge in [0.25, 0.3) is 5.91 Å². The summed E-state index contributed by atoms with van der Waals surface area (Å²) >= 11 is 4.92. The third kappa shape index (κ3) is 2.86. The minimum Gasteiger partial charge on any atom is -0.334 e. The fourth-order valence-electron chi connectivity index (χ4n) is 2.12. The fraction of sp³-hybridized carbons (Fsp3) is 0.500. The maximum absolute atomic E-state index is 12.3. The second-order valence-corrected chi connectivity index (χ2v) is 7.35. The van der Waals surface area contributed by atoms with E-state index in [0.717, 1.165) is 28.9 Å². The van der Waals surface area contributed by atoms with Crippen LogP contribution >= 0.6 is 27.3 Å². The lowest BCUT2D eigenvalue weighted by molar-refractivity contribution is 0.0769. The molecule has 1 aliphatic heterocycles. The zero-order valence-electron chi connectivity index (χ0n) is 11.0. The first-order valence-corrected chi connectivity index (χ1v) is 7.78. The SMILES string of the molecule is CC(C)(C)C1=CCN(C(=O)c2sccc2Br)CC1. The first-order chi connectivity index (χ1) is 8.39. The van der Waals surface area contributed by atoms with Crippen molar-refractivity contribution >= 4 is 33.2 Å². The van der Waals surface area contributed by atoms with Crippen molar-refractivity contribution in [2.75, 3.05) is 13.1 Å². The Morgan fingerprint density at radius 2 is 2.17 bits per heavy atom. The zero-order valence-corrected chi connectivity index (χ0v) is 13.4. The predicted molar refractivity (Wildman–Crippen MR) is 80.1 cm³/mol. The first-order valence-electron chi connectivity index (χ1n) is 6.11. The number of rotatable bonds is 1. The lowest BCUT2D eigenvalue weighted by Crippen LogP contribution is -2.36. The Hall–Kier alpha value is -0.610. The number of hydrogen-bond donors (Lipinski definition) is 0. The first kappa shape index (κ1) is 13.8. The van der Waals surface area contributed by atoms with Crippen LogP contribution in [0.15, 0.2) is 27.6 Å². The normalized spacial score (nSPS) is 16.7. The molecule has 0 unspecified atom stereocenters. The molecule has 2 rings (SSSR count). The number of halogens is 1. The van der Waals surface area contributed by atoms with Crippen LogP contribution in [0.25, 0.3) is 0 Å². The standard InChI is InChI=1S/C14H18BrNOS/c1-14(2,3)10-4-7-16(8-5-10)13(17)12-11(15)6-9-18-12/h4,6,9H,5,7-8H2,1-3H3. The predicted octanol–water partition coefficient (Wildman–Crippen LogP) is 4.33. The molecule has 0 bridgehead atoms. The van der Waals surface area contributed by atoms with Crippen LogP contribution in [-0.4, -0.2) is 23.9 Å². The Morgan fingerprint density at radius 3 is 2.61 bits per heavy atom.